The summed E-state index contributed by atoms with van der Waals surface area (Å²) in [5, 5.41) is 15.0. The average Bonchev–Trinajstić information content (AvgIpc) is 3.10. The Morgan fingerprint density at radius 1 is 1.20 bits per heavy atom. The first-order valence-electron chi connectivity index (χ1n) is 9.26. The Hall–Kier alpha value is -1.65. The van der Waals surface area contributed by atoms with E-state index >= 15 is 0 Å². The molecular weight excluding hydrogens is 330 g/mol. The van der Waals surface area contributed by atoms with Crippen LogP contribution >= 0.6 is 11.3 Å². The number of hydrogen-bond acceptors (Lipinski definition) is 3. The second-order valence-corrected chi connectivity index (χ2v) is 7.96. The molecule has 2 N–H and O–H groups in total. The third-order valence-corrected chi connectivity index (χ3v) is 6.05. The Morgan fingerprint density at radius 2 is 1.96 bits per heavy atom. The van der Waals surface area contributed by atoms with Crippen LogP contribution in [-0.2, 0) is 0 Å². The summed E-state index contributed by atoms with van der Waals surface area (Å²) < 4.78 is 0. The Kier molecular flexibility index (Phi) is 6.27. The molecule has 25 heavy (non-hydrogen) atoms. The zero-order valence-corrected chi connectivity index (χ0v) is 15.6. The van der Waals surface area contributed by atoms with Gasteiger partial charge in [0.1, 0.15) is 0 Å². The Labute approximate surface area is 154 Å². The number of aliphatic hydroxyl groups excluding tert-OH is 1. The van der Waals surface area contributed by atoms with Gasteiger partial charge in [-0.1, -0.05) is 42.7 Å². The molecule has 134 valence electrons. The number of nitrogens with one attached hydrogen (secondary N) is 1. The highest BCUT2D eigenvalue weighted by molar-refractivity contribution is 7.12. The van der Waals surface area contributed by atoms with E-state index in [4.69, 9.17) is 0 Å². The van der Waals surface area contributed by atoms with E-state index < -0.39 is 0 Å². The minimum absolute atomic E-state index is 0.00904. The lowest BCUT2D eigenvalue weighted by Gasteiger charge is -2.27. The quantitative estimate of drug-likeness (QED) is 0.731. The van der Waals surface area contributed by atoms with Crippen LogP contribution in [0, 0.1) is 12.8 Å². The van der Waals surface area contributed by atoms with Crippen LogP contribution in [-0.4, -0.2) is 23.7 Å². The van der Waals surface area contributed by atoms with Gasteiger partial charge in [0.15, 0.2) is 0 Å². The summed E-state index contributed by atoms with van der Waals surface area (Å²) in [7, 11) is 0. The van der Waals surface area contributed by atoms with Gasteiger partial charge in [-0.15, -0.1) is 11.3 Å². The standard InChI is InChI=1S/C21H27NO2S/c1-15-8-10-16(11-9-15)18-12-14-25-20(18)21(24)22-13-4-6-17-5-2-3-7-19(17)23/h8-12,14,17,19,23H,2-7,13H2,1H3,(H,22,24)/t17-,19+/m0/s1. The molecule has 3 rings (SSSR count). The van der Waals surface area contributed by atoms with Crippen molar-refractivity contribution in [3.63, 3.8) is 0 Å². The van der Waals surface area contributed by atoms with Gasteiger partial charge >= 0.3 is 0 Å². The number of hydrogen-bond donors (Lipinski definition) is 2. The molecule has 1 fully saturated rings. The van der Waals surface area contributed by atoms with Gasteiger partial charge in [-0.2, -0.15) is 0 Å². The Balaban J connectivity index is 1.52. The van der Waals surface area contributed by atoms with Gasteiger partial charge in [-0.05, 0) is 55.5 Å². The first-order valence-corrected chi connectivity index (χ1v) is 10.1. The summed E-state index contributed by atoms with van der Waals surface area (Å²) in [4.78, 5) is 13.3. The normalized spacial score (nSPS) is 20.4. The summed E-state index contributed by atoms with van der Waals surface area (Å²) >= 11 is 1.49. The number of amides is 1. The SMILES string of the molecule is Cc1ccc(-c2ccsc2C(=O)NCCC[C@@H]2CCCC[C@H]2O)cc1. The average molecular weight is 358 g/mol. The Bertz CT molecular complexity index is 692. The zero-order chi connectivity index (χ0) is 17.6. The van der Waals surface area contributed by atoms with E-state index in [-0.39, 0.29) is 12.0 Å². The van der Waals surface area contributed by atoms with E-state index in [1.165, 1.54) is 23.3 Å². The van der Waals surface area contributed by atoms with Crippen LogP contribution in [0.15, 0.2) is 35.7 Å². The fourth-order valence-electron chi connectivity index (χ4n) is 3.62. The molecular formula is C21H27NO2S. The molecule has 1 saturated carbocycles. The molecule has 2 atom stereocenters. The summed E-state index contributed by atoms with van der Waals surface area (Å²) in [6.07, 6.45) is 6.21. The van der Waals surface area contributed by atoms with Crippen molar-refractivity contribution in [3.8, 4) is 11.1 Å². The van der Waals surface area contributed by atoms with Crippen molar-refractivity contribution in [2.45, 2.75) is 51.6 Å². The molecule has 0 radical (unpaired) electrons. The summed E-state index contributed by atoms with van der Waals surface area (Å²) in [5.41, 5.74) is 3.31. The van der Waals surface area contributed by atoms with Crippen LogP contribution < -0.4 is 5.32 Å². The largest absolute Gasteiger partial charge is 0.393 e. The molecule has 4 heteroatoms. The molecule has 0 spiro atoms. The maximum atomic E-state index is 12.5. The molecule has 1 aromatic carbocycles. The number of aryl methyl sites for hydroxylation is 1. The van der Waals surface area contributed by atoms with E-state index in [1.807, 2.05) is 11.4 Å². The third-order valence-electron chi connectivity index (χ3n) is 5.14. The second-order valence-electron chi connectivity index (χ2n) is 7.04. The van der Waals surface area contributed by atoms with Crippen molar-refractivity contribution in [2.24, 2.45) is 5.92 Å². The monoisotopic (exact) mass is 357 g/mol. The number of rotatable bonds is 6. The van der Waals surface area contributed by atoms with E-state index in [2.05, 4.69) is 36.5 Å². The summed E-state index contributed by atoms with van der Waals surface area (Å²) in [6.45, 7) is 2.74. The molecule has 3 nitrogen and oxygen atoms in total. The van der Waals surface area contributed by atoms with Crippen LogP contribution in [0.5, 0.6) is 0 Å². The van der Waals surface area contributed by atoms with Gasteiger partial charge in [-0.3, -0.25) is 4.79 Å². The van der Waals surface area contributed by atoms with Gasteiger partial charge in [0, 0.05) is 12.1 Å². The molecule has 0 bridgehead atoms. The highest BCUT2D eigenvalue weighted by atomic mass is 32.1. The van der Waals surface area contributed by atoms with Crippen molar-refractivity contribution in [3.05, 3.63) is 46.2 Å². The maximum Gasteiger partial charge on any atom is 0.261 e. The Morgan fingerprint density at radius 3 is 2.72 bits per heavy atom. The third kappa shape index (κ3) is 4.71. The van der Waals surface area contributed by atoms with Gasteiger partial charge in [0.25, 0.3) is 5.91 Å². The van der Waals surface area contributed by atoms with Crippen LogP contribution in [0.25, 0.3) is 11.1 Å². The molecule has 2 aromatic rings. The first-order chi connectivity index (χ1) is 12.1. The minimum atomic E-state index is -0.144. The van der Waals surface area contributed by atoms with E-state index in [0.717, 1.165) is 48.1 Å². The lowest BCUT2D eigenvalue weighted by molar-refractivity contribution is 0.0641. The number of thiophene rings is 1. The van der Waals surface area contributed by atoms with Crippen molar-refractivity contribution in [1.82, 2.24) is 5.32 Å². The predicted octanol–water partition coefficient (Wildman–Crippen LogP) is 4.78. The van der Waals surface area contributed by atoms with Crippen LogP contribution in [0.3, 0.4) is 0 Å². The molecule has 0 aliphatic heterocycles. The molecule has 1 aliphatic carbocycles. The smallest absolute Gasteiger partial charge is 0.261 e. The summed E-state index contributed by atoms with van der Waals surface area (Å²) in [6, 6.07) is 10.3. The van der Waals surface area contributed by atoms with E-state index in [0.29, 0.717) is 12.5 Å². The minimum Gasteiger partial charge on any atom is -0.393 e. The molecule has 1 heterocycles. The highest BCUT2D eigenvalue weighted by Crippen LogP contribution is 2.29. The first kappa shape index (κ1) is 18.2. The molecule has 1 aromatic heterocycles. The van der Waals surface area contributed by atoms with Gasteiger partial charge < -0.3 is 10.4 Å². The van der Waals surface area contributed by atoms with Gasteiger partial charge in [0.05, 0.1) is 11.0 Å². The van der Waals surface area contributed by atoms with Gasteiger partial charge in [0.2, 0.25) is 0 Å². The number of benzene rings is 1. The van der Waals surface area contributed by atoms with Gasteiger partial charge in [-0.25, -0.2) is 0 Å². The number of carbonyl (C=O) groups excluding carboxylic acids is 1. The van der Waals surface area contributed by atoms with Crippen molar-refractivity contribution < 1.29 is 9.90 Å². The predicted molar refractivity (Wildman–Crippen MR) is 104 cm³/mol. The lowest BCUT2D eigenvalue weighted by Crippen LogP contribution is -2.27. The molecule has 1 aliphatic rings. The fraction of sp³-hybridized carbons (Fsp3) is 0.476. The van der Waals surface area contributed by atoms with Crippen LogP contribution in [0.1, 0.15) is 53.8 Å². The van der Waals surface area contributed by atoms with Crippen molar-refractivity contribution in [1.29, 1.82) is 0 Å². The molecule has 0 saturated heterocycles. The number of aliphatic hydroxyl groups is 1. The zero-order valence-electron chi connectivity index (χ0n) is 14.8. The van der Waals surface area contributed by atoms with Crippen LogP contribution in [0.4, 0.5) is 0 Å². The second kappa shape index (κ2) is 8.63. The summed E-state index contributed by atoms with van der Waals surface area (Å²) in [5.74, 6) is 0.422. The van der Waals surface area contributed by atoms with Crippen LogP contribution in [0.2, 0.25) is 0 Å². The van der Waals surface area contributed by atoms with E-state index in [1.54, 1.807) is 0 Å². The highest BCUT2D eigenvalue weighted by Gasteiger charge is 2.22. The van der Waals surface area contributed by atoms with Crippen molar-refractivity contribution >= 4 is 17.2 Å². The fourth-order valence-corrected chi connectivity index (χ4v) is 4.45. The molecule has 0 unspecified atom stereocenters. The van der Waals surface area contributed by atoms with Crippen molar-refractivity contribution in [2.75, 3.05) is 6.54 Å². The topological polar surface area (TPSA) is 49.3 Å². The van der Waals surface area contributed by atoms with E-state index in [9.17, 15) is 9.90 Å². The molecule has 1 amide bonds. The maximum absolute atomic E-state index is 12.5. The lowest BCUT2D eigenvalue weighted by atomic mass is 9.83. The number of carbonyl (C=O) groups is 1.